The Labute approximate surface area is 190 Å². The van der Waals surface area contributed by atoms with Crippen molar-refractivity contribution in [1.82, 2.24) is 14.7 Å². The zero-order valence-electron chi connectivity index (χ0n) is 16.5. The summed E-state index contributed by atoms with van der Waals surface area (Å²) in [5.74, 6) is -0.389. The van der Waals surface area contributed by atoms with Gasteiger partial charge in [0.2, 0.25) is 0 Å². The molecule has 30 heavy (non-hydrogen) atoms. The summed E-state index contributed by atoms with van der Waals surface area (Å²) >= 11 is 18.3. The number of benzene rings is 2. The summed E-state index contributed by atoms with van der Waals surface area (Å²) in [7, 11) is 0. The van der Waals surface area contributed by atoms with Gasteiger partial charge in [0.15, 0.2) is 0 Å². The Balaban J connectivity index is 1.99. The molecule has 3 rings (SSSR count). The van der Waals surface area contributed by atoms with Crippen LogP contribution in [0, 0.1) is 0 Å². The van der Waals surface area contributed by atoms with Gasteiger partial charge in [-0.2, -0.15) is 0 Å². The van der Waals surface area contributed by atoms with E-state index in [4.69, 9.17) is 34.8 Å². The van der Waals surface area contributed by atoms with Crippen LogP contribution in [0.3, 0.4) is 0 Å². The third kappa shape index (κ3) is 5.28. The first-order valence-corrected chi connectivity index (χ1v) is 10.8. The van der Waals surface area contributed by atoms with Crippen molar-refractivity contribution in [2.45, 2.75) is 32.7 Å². The number of carbonyl (C=O) groups excluding carboxylic acids is 1. The van der Waals surface area contributed by atoms with Crippen LogP contribution in [-0.2, 0) is 6.54 Å². The molecular formula is C22H22Cl3N3O2. The Morgan fingerprint density at radius 3 is 2.37 bits per heavy atom. The summed E-state index contributed by atoms with van der Waals surface area (Å²) in [4.78, 5) is 25.8. The molecule has 1 amide bonds. The largest absolute Gasteiger partial charge is 0.352 e. The lowest BCUT2D eigenvalue weighted by atomic mass is 10.2. The molecule has 2 aromatic carbocycles. The van der Waals surface area contributed by atoms with Crippen LogP contribution in [0.25, 0.3) is 5.69 Å². The molecule has 0 saturated heterocycles. The van der Waals surface area contributed by atoms with Gasteiger partial charge < -0.3 is 5.32 Å². The van der Waals surface area contributed by atoms with Crippen LogP contribution in [0.5, 0.6) is 0 Å². The number of unbranched alkanes of at least 4 members (excludes halogenated alkanes) is 2. The smallest absolute Gasteiger partial charge is 0.284 e. The van der Waals surface area contributed by atoms with E-state index < -0.39 is 5.56 Å². The molecular weight excluding hydrogens is 445 g/mol. The standard InChI is InChI=1S/C22H22Cl3N3O2/c1-2-3-4-11-26-21(29)19-14-27(13-15-5-6-17(24)12-20(15)25)28(22(19)30)18-9-7-16(23)8-10-18/h5-10,12,14H,2-4,11,13H2,1H3,(H,26,29). The fourth-order valence-corrected chi connectivity index (χ4v) is 3.70. The highest BCUT2D eigenvalue weighted by Gasteiger charge is 2.19. The number of amides is 1. The van der Waals surface area contributed by atoms with Gasteiger partial charge in [-0.3, -0.25) is 14.3 Å². The number of aromatic nitrogens is 2. The quantitative estimate of drug-likeness (QED) is 0.441. The second-order valence-corrected chi connectivity index (χ2v) is 8.21. The number of nitrogens with one attached hydrogen (secondary N) is 1. The number of halogens is 3. The second-order valence-electron chi connectivity index (χ2n) is 6.93. The van der Waals surface area contributed by atoms with Crippen LogP contribution < -0.4 is 10.9 Å². The predicted octanol–water partition coefficient (Wildman–Crippen LogP) is 5.57. The molecule has 1 aromatic heterocycles. The predicted molar refractivity (Wildman–Crippen MR) is 122 cm³/mol. The van der Waals surface area contributed by atoms with Crippen molar-refractivity contribution in [2.24, 2.45) is 0 Å². The van der Waals surface area contributed by atoms with Gasteiger partial charge in [0.05, 0.1) is 12.2 Å². The fourth-order valence-electron chi connectivity index (χ4n) is 3.11. The number of hydrogen-bond acceptors (Lipinski definition) is 2. The summed E-state index contributed by atoms with van der Waals surface area (Å²) in [6, 6.07) is 12.0. The lowest BCUT2D eigenvalue weighted by Crippen LogP contribution is -2.30. The summed E-state index contributed by atoms with van der Waals surface area (Å²) in [5, 5.41) is 4.39. The Hall–Kier alpha value is -2.21. The highest BCUT2D eigenvalue weighted by Crippen LogP contribution is 2.22. The van der Waals surface area contributed by atoms with Gasteiger partial charge in [-0.15, -0.1) is 0 Å². The summed E-state index contributed by atoms with van der Waals surface area (Å²) < 4.78 is 3.11. The number of rotatable bonds is 8. The number of nitrogens with zero attached hydrogens (tertiary/aromatic N) is 2. The Morgan fingerprint density at radius 1 is 1.00 bits per heavy atom. The average molecular weight is 467 g/mol. The third-order valence-electron chi connectivity index (χ3n) is 4.69. The molecule has 0 unspecified atom stereocenters. The minimum atomic E-state index is -0.407. The molecule has 0 saturated carbocycles. The maximum Gasteiger partial charge on any atom is 0.284 e. The van der Waals surface area contributed by atoms with E-state index in [1.165, 1.54) is 4.68 Å². The third-order valence-corrected chi connectivity index (χ3v) is 5.53. The van der Waals surface area contributed by atoms with E-state index in [1.807, 2.05) is 0 Å². The molecule has 1 heterocycles. The number of carbonyl (C=O) groups is 1. The minimum Gasteiger partial charge on any atom is -0.352 e. The zero-order valence-corrected chi connectivity index (χ0v) is 18.8. The van der Waals surface area contributed by atoms with Gasteiger partial charge in [0.25, 0.3) is 11.5 Å². The van der Waals surface area contributed by atoms with Gasteiger partial charge in [0.1, 0.15) is 5.56 Å². The van der Waals surface area contributed by atoms with Crippen LogP contribution in [-0.4, -0.2) is 21.8 Å². The molecule has 0 aliphatic rings. The van der Waals surface area contributed by atoms with Gasteiger partial charge >= 0.3 is 0 Å². The molecule has 0 aliphatic heterocycles. The van der Waals surface area contributed by atoms with Crippen LogP contribution in [0.4, 0.5) is 0 Å². The molecule has 8 heteroatoms. The van der Waals surface area contributed by atoms with E-state index in [0.29, 0.717) is 27.3 Å². The Kier molecular flexibility index (Phi) is 7.64. The highest BCUT2D eigenvalue weighted by atomic mass is 35.5. The zero-order chi connectivity index (χ0) is 21.7. The number of hydrogen-bond donors (Lipinski definition) is 1. The molecule has 0 atom stereocenters. The fraction of sp³-hybridized carbons (Fsp3) is 0.273. The second kappa shape index (κ2) is 10.2. The van der Waals surface area contributed by atoms with E-state index >= 15 is 0 Å². The van der Waals surface area contributed by atoms with E-state index in [-0.39, 0.29) is 18.0 Å². The minimum absolute atomic E-state index is 0.0755. The lowest BCUT2D eigenvalue weighted by molar-refractivity contribution is 0.0952. The van der Waals surface area contributed by atoms with Crippen molar-refractivity contribution in [1.29, 1.82) is 0 Å². The monoisotopic (exact) mass is 465 g/mol. The molecule has 0 spiro atoms. The van der Waals surface area contributed by atoms with Crippen molar-refractivity contribution >= 4 is 40.7 Å². The molecule has 0 bridgehead atoms. The Morgan fingerprint density at radius 2 is 1.70 bits per heavy atom. The van der Waals surface area contributed by atoms with Gasteiger partial charge in [-0.05, 0) is 48.4 Å². The first-order chi connectivity index (χ1) is 14.4. The van der Waals surface area contributed by atoms with Crippen LogP contribution in [0.15, 0.2) is 53.5 Å². The molecule has 0 fully saturated rings. The van der Waals surface area contributed by atoms with E-state index in [9.17, 15) is 9.59 Å². The lowest BCUT2D eigenvalue weighted by Gasteiger charge is -2.13. The van der Waals surface area contributed by atoms with Crippen molar-refractivity contribution in [3.05, 3.63) is 85.2 Å². The molecule has 1 N–H and O–H groups in total. The van der Waals surface area contributed by atoms with Gasteiger partial charge in [-0.1, -0.05) is 60.6 Å². The van der Waals surface area contributed by atoms with E-state index in [1.54, 1.807) is 53.3 Å². The first-order valence-electron chi connectivity index (χ1n) is 9.71. The maximum atomic E-state index is 13.1. The average Bonchev–Trinajstić information content (AvgIpc) is 3.04. The summed E-state index contributed by atoms with van der Waals surface area (Å²) in [5.41, 5.74) is 1.04. The van der Waals surface area contributed by atoms with E-state index in [0.717, 1.165) is 24.8 Å². The molecule has 5 nitrogen and oxygen atoms in total. The normalized spacial score (nSPS) is 10.9. The Bertz CT molecular complexity index is 1090. The van der Waals surface area contributed by atoms with Crippen molar-refractivity contribution in [2.75, 3.05) is 6.54 Å². The van der Waals surface area contributed by atoms with Crippen molar-refractivity contribution in [3.63, 3.8) is 0 Å². The van der Waals surface area contributed by atoms with Gasteiger partial charge in [-0.25, -0.2) is 4.68 Å². The highest BCUT2D eigenvalue weighted by molar-refractivity contribution is 6.35. The molecule has 3 aromatic rings. The first kappa shape index (κ1) is 22.5. The summed E-state index contributed by atoms with van der Waals surface area (Å²) in [6.45, 7) is 2.91. The molecule has 0 radical (unpaired) electrons. The molecule has 158 valence electrons. The van der Waals surface area contributed by atoms with Crippen molar-refractivity contribution < 1.29 is 4.79 Å². The van der Waals surface area contributed by atoms with Crippen LogP contribution in [0.1, 0.15) is 42.1 Å². The van der Waals surface area contributed by atoms with Crippen LogP contribution in [0.2, 0.25) is 15.1 Å². The van der Waals surface area contributed by atoms with Crippen molar-refractivity contribution in [3.8, 4) is 5.69 Å². The SMILES string of the molecule is CCCCCNC(=O)c1cn(Cc2ccc(Cl)cc2Cl)n(-c2ccc(Cl)cc2)c1=O. The summed E-state index contributed by atoms with van der Waals surface area (Å²) in [6.07, 6.45) is 4.49. The molecule has 0 aliphatic carbocycles. The topological polar surface area (TPSA) is 56.0 Å². The maximum absolute atomic E-state index is 13.1. The van der Waals surface area contributed by atoms with Crippen LogP contribution >= 0.6 is 34.8 Å². The van der Waals surface area contributed by atoms with E-state index in [2.05, 4.69) is 12.2 Å². The van der Waals surface area contributed by atoms with Gasteiger partial charge in [0, 0.05) is 27.8 Å².